The molecule has 0 spiro atoms. The number of carbonyl (C=O) groups excluding carboxylic acids is 1. The minimum Gasteiger partial charge on any atom is -0.480 e. The van der Waals surface area contributed by atoms with Crippen molar-refractivity contribution in [3.05, 3.63) is 0 Å². The SMILES string of the molecule is CCC(C)(C)OC(=O)N1CC(C(F)F)CC1C(=O)O. The Labute approximate surface area is 110 Å². The van der Waals surface area contributed by atoms with Gasteiger partial charge < -0.3 is 9.84 Å². The largest absolute Gasteiger partial charge is 0.480 e. The highest BCUT2D eigenvalue weighted by molar-refractivity contribution is 5.81. The number of rotatable bonds is 4. The van der Waals surface area contributed by atoms with Crippen LogP contribution in [-0.4, -0.2) is 46.7 Å². The van der Waals surface area contributed by atoms with Gasteiger partial charge in [-0.25, -0.2) is 18.4 Å². The number of amides is 1. The average Bonchev–Trinajstić information content (AvgIpc) is 2.73. The van der Waals surface area contributed by atoms with E-state index in [1.165, 1.54) is 0 Å². The molecule has 0 aromatic heterocycles. The molecule has 0 radical (unpaired) electrons. The van der Waals surface area contributed by atoms with Crippen molar-refractivity contribution in [2.24, 2.45) is 5.92 Å². The van der Waals surface area contributed by atoms with Crippen LogP contribution >= 0.6 is 0 Å². The fourth-order valence-electron chi connectivity index (χ4n) is 1.85. The first-order chi connectivity index (χ1) is 8.68. The van der Waals surface area contributed by atoms with Gasteiger partial charge in [0, 0.05) is 12.5 Å². The van der Waals surface area contributed by atoms with Crippen LogP contribution < -0.4 is 0 Å². The first-order valence-corrected chi connectivity index (χ1v) is 6.18. The van der Waals surface area contributed by atoms with E-state index in [-0.39, 0.29) is 13.0 Å². The zero-order chi connectivity index (χ0) is 14.8. The second kappa shape index (κ2) is 5.71. The Morgan fingerprint density at radius 3 is 2.47 bits per heavy atom. The Kier molecular flexibility index (Phi) is 4.70. The molecule has 1 saturated heterocycles. The molecule has 1 aliphatic heterocycles. The molecule has 2 atom stereocenters. The Balaban J connectivity index is 2.79. The number of ether oxygens (including phenoxy) is 1. The summed E-state index contributed by atoms with van der Waals surface area (Å²) in [5.74, 6) is -2.40. The molecule has 0 aromatic carbocycles. The monoisotopic (exact) mass is 279 g/mol. The van der Waals surface area contributed by atoms with Crippen LogP contribution in [0, 0.1) is 5.92 Å². The normalized spacial score (nSPS) is 23.8. The standard InChI is InChI=1S/C12H19F2NO4/c1-4-12(2,3)19-11(18)15-6-7(9(13)14)5-8(15)10(16)17/h7-9H,4-6H2,1-3H3,(H,16,17). The Morgan fingerprint density at radius 2 is 2.05 bits per heavy atom. The molecule has 2 unspecified atom stereocenters. The van der Waals surface area contributed by atoms with E-state index >= 15 is 0 Å². The van der Waals surface area contributed by atoms with Crippen LogP contribution in [0.25, 0.3) is 0 Å². The second-order valence-corrected chi connectivity index (χ2v) is 5.32. The van der Waals surface area contributed by atoms with Gasteiger partial charge in [0.15, 0.2) is 0 Å². The van der Waals surface area contributed by atoms with Crippen LogP contribution in [0.2, 0.25) is 0 Å². The summed E-state index contributed by atoms with van der Waals surface area (Å²) in [6.07, 6.45) is -3.18. The van der Waals surface area contributed by atoms with Crippen LogP contribution in [-0.2, 0) is 9.53 Å². The van der Waals surface area contributed by atoms with Gasteiger partial charge in [0.25, 0.3) is 0 Å². The second-order valence-electron chi connectivity index (χ2n) is 5.32. The molecule has 110 valence electrons. The van der Waals surface area contributed by atoms with Gasteiger partial charge in [-0.2, -0.15) is 0 Å². The summed E-state index contributed by atoms with van der Waals surface area (Å²) in [7, 11) is 0. The maximum absolute atomic E-state index is 12.6. The quantitative estimate of drug-likeness (QED) is 0.857. The van der Waals surface area contributed by atoms with Gasteiger partial charge in [0.2, 0.25) is 6.43 Å². The van der Waals surface area contributed by atoms with Crippen molar-refractivity contribution in [1.82, 2.24) is 4.90 Å². The molecule has 0 bridgehead atoms. The predicted molar refractivity (Wildman–Crippen MR) is 63.1 cm³/mol. The summed E-state index contributed by atoms with van der Waals surface area (Å²) in [6.45, 7) is 4.89. The van der Waals surface area contributed by atoms with Gasteiger partial charge in [-0.1, -0.05) is 6.92 Å². The van der Waals surface area contributed by atoms with Crippen LogP contribution in [0.3, 0.4) is 0 Å². The summed E-state index contributed by atoms with van der Waals surface area (Å²) in [6, 6.07) is -1.24. The van der Waals surface area contributed by atoms with E-state index in [0.29, 0.717) is 6.42 Å². The highest BCUT2D eigenvalue weighted by atomic mass is 19.3. The van der Waals surface area contributed by atoms with Crippen molar-refractivity contribution in [2.45, 2.75) is 51.7 Å². The lowest BCUT2D eigenvalue weighted by Crippen LogP contribution is -2.44. The lowest BCUT2D eigenvalue weighted by Gasteiger charge is -2.28. The first-order valence-electron chi connectivity index (χ1n) is 6.18. The minimum atomic E-state index is -2.64. The number of aliphatic carboxylic acids is 1. The molecule has 1 aliphatic rings. The van der Waals surface area contributed by atoms with E-state index in [4.69, 9.17) is 9.84 Å². The zero-order valence-electron chi connectivity index (χ0n) is 11.2. The van der Waals surface area contributed by atoms with Crippen LogP contribution in [0.5, 0.6) is 0 Å². The van der Waals surface area contributed by atoms with E-state index in [1.807, 2.05) is 6.92 Å². The molecule has 0 aromatic rings. The Bertz CT molecular complexity index is 360. The van der Waals surface area contributed by atoms with Crippen LogP contribution in [0.4, 0.5) is 13.6 Å². The number of hydrogen-bond acceptors (Lipinski definition) is 3. The number of hydrogen-bond donors (Lipinski definition) is 1. The molecule has 1 rings (SSSR count). The van der Waals surface area contributed by atoms with Gasteiger partial charge >= 0.3 is 12.1 Å². The summed E-state index contributed by atoms with van der Waals surface area (Å²) < 4.78 is 30.4. The van der Waals surface area contributed by atoms with Crippen molar-refractivity contribution >= 4 is 12.1 Å². The van der Waals surface area contributed by atoms with Gasteiger partial charge in [0.05, 0.1) is 0 Å². The first kappa shape index (κ1) is 15.7. The van der Waals surface area contributed by atoms with Crippen molar-refractivity contribution < 1.29 is 28.2 Å². The molecule has 1 amide bonds. The molecular formula is C12H19F2NO4. The third-order valence-corrected chi connectivity index (χ3v) is 3.42. The Hall–Kier alpha value is -1.40. The van der Waals surface area contributed by atoms with Gasteiger partial charge in [-0.05, 0) is 26.7 Å². The maximum Gasteiger partial charge on any atom is 0.411 e. The molecule has 0 saturated carbocycles. The molecule has 1 fully saturated rings. The number of carbonyl (C=O) groups is 2. The molecular weight excluding hydrogens is 260 g/mol. The summed E-state index contributed by atoms with van der Waals surface area (Å²) in [4.78, 5) is 23.8. The van der Waals surface area contributed by atoms with E-state index in [2.05, 4.69) is 0 Å². The van der Waals surface area contributed by atoms with E-state index in [1.54, 1.807) is 13.8 Å². The van der Waals surface area contributed by atoms with Crippen molar-refractivity contribution in [1.29, 1.82) is 0 Å². The molecule has 5 nitrogen and oxygen atoms in total. The third kappa shape index (κ3) is 3.78. The predicted octanol–water partition coefficient (Wildman–Crippen LogP) is 2.35. The number of carboxylic acid groups (broad SMARTS) is 1. The highest BCUT2D eigenvalue weighted by Crippen LogP contribution is 2.30. The van der Waals surface area contributed by atoms with E-state index < -0.39 is 36.0 Å². The molecule has 19 heavy (non-hydrogen) atoms. The van der Waals surface area contributed by atoms with Crippen molar-refractivity contribution in [3.8, 4) is 0 Å². The fourth-order valence-corrected chi connectivity index (χ4v) is 1.85. The molecule has 7 heteroatoms. The number of carboxylic acids is 1. The average molecular weight is 279 g/mol. The minimum absolute atomic E-state index is 0.241. The van der Waals surface area contributed by atoms with Crippen molar-refractivity contribution in [3.63, 3.8) is 0 Å². The van der Waals surface area contributed by atoms with Gasteiger partial charge in [-0.3, -0.25) is 4.90 Å². The molecule has 0 aliphatic carbocycles. The smallest absolute Gasteiger partial charge is 0.411 e. The third-order valence-electron chi connectivity index (χ3n) is 3.42. The highest BCUT2D eigenvalue weighted by Gasteiger charge is 2.44. The number of halogens is 2. The fraction of sp³-hybridized carbons (Fsp3) is 0.833. The van der Waals surface area contributed by atoms with Crippen LogP contribution in [0.15, 0.2) is 0 Å². The summed E-state index contributed by atoms with van der Waals surface area (Å²) >= 11 is 0. The lowest BCUT2D eigenvalue weighted by molar-refractivity contribution is -0.142. The molecule has 1 N–H and O–H groups in total. The van der Waals surface area contributed by atoms with Crippen LogP contribution in [0.1, 0.15) is 33.6 Å². The topological polar surface area (TPSA) is 66.8 Å². The van der Waals surface area contributed by atoms with E-state index in [0.717, 1.165) is 4.90 Å². The van der Waals surface area contributed by atoms with E-state index in [9.17, 15) is 18.4 Å². The summed E-state index contributed by atoms with van der Waals surface area (Å²) in [5.41, 5.74) is -0.747. The zero-order valence-corrected chi connectivity index (χ0v) is 11.2. The lowest BCUT2D eigenvalue weighted by atomic mass is 10.1. The van der Waals surface area contributed by atoms with Gasteiger partial charge in [-0.15, -0.1) is 0 Å². The molecule has 1 heterocycles. The Morgan fingerprint density at radius 1 is 1.47 bits per heavy atom. The van der Waals surface area contributed by atoms with Crippen molar-refractivity contribution in [2.75, 3.05) is 6.54 Å². The number of nitrogens with zero attached hydrogens (tertiary/aromatic N) is 1. The summed E-state index contributed by atoms with van der Waals surface area (Å²) in [5, 5.41) is 8.99. The number of alkyl halides is 2. The number of likely N-dealkylation sites (tertiary alicyclic amines) is 1. The van der Waals surface area contributed by atoms with Gasteiger partial charge in [0.1, 0.15) is 11.6 Å². The maximum atomic E-state index is 12.6.